The van der Waals surface area contributed by atoms with Crippen molar-refractivity contribution < 1.29 is 9.52 Å². The third-order valence-electron chi connectivity index (χ3n) is 3.62. The van der Waals surface area contributed by atoms with Crippen molar-refractivity contribution in [3.05, 3.63) is 70.8 Å². The first kappa shape index (κ1) is 15.5. The number of aromatic hydroxyl groups is 1. The maximum Gasteiger partial charge on any atom is 0.228 e. The lowest BCUT2D eigenvalue weighted by Gasteiger charge is -2.00. The van der Waals surface area contributed by atoms with Gasteiger partial charge < -0.3 is 9.52 Å². The molecule has 5 nitrogen and oxygen atoms in total. The van der Waals surface area contributed by atoms with E-state index in [4.69, 9.17) is 4.42 Å². The summed E-state index contributed by atoms with van der Waals surface area (Å²) in [5.41, 5.74) is 3.50. The minimum absolute atomic E-state index is 0.183. The highest BCUT2D eigenvalue weighted by Gasteiger charge is 2.08. The highest BCUT2D eigenvalue weighted by atomic mass is 79.9. The van der Waals surface area contributed by atoms with Crippen LogP contribution in [-0.4, -0.2) is 21.3 Å². The third-order valence-corrected chi connectivity index (χ3v) is 4.11. The van der Waals surface area contributed by atoms with Crippen molar-refractivity contribution in [3.8, 4) is 17.2 Å². The van der Waals surface area contributed by atoms with E-state index in [0.29, 0.717) is 22.7 Å². The zero-order chi connectivity index (χ0) is 17.2. The van der Waals surface area contributed by atoms with Gasteiger partial charge in [0.1, 0.15) is 5.75 Å². The summed E-state index contributed by atoms with van der Waals surface area (Å²) in [6.07, 6.45) is 3.31. The Hall–Kier alpha value is -2.99. The fourth-order valence-electron chi connectivity index (χ4n) is 2.36. The number of phenolic OH excluding ortho intramolecular Hbond substituents is 1. The molecule has 0 aliphatic heterocycles. The molecule has 0 spiro atoms. The number of oxazole rings is 1. The maximum atomic E-state index is 9.84. The summed E-state index contributed by atoms with van der Waals surface area (Å²) in [5, 5.41) is 9.84. The second-order valence-electron chi connectivity index (χ2n) is 5.35. The first-order valence-corrected chi connectivity index (χ1v) is 8.33. The quantitative estimate of drug-likeness (QED) is 0.491. The molecule has 0 bridgehead atoms. The van der Waals surface area contributed by atoms with Gasteiger partial charge in [0.05, 0.1) is 5.69 Å². The summed E-state index contributed by atoms with van der Waals surface area (Å²) in [6.45, 7) is 0. The largest absolute Gasteiger partial charge is 0.507 e. The van der Waals surface area contributed by atoms with Crippen LogP contribution in [0.1, 0.15) is 5.56 Å². The van der Waals surface area contributed by atoms with Gasteiger partial charge in [-0.25, -0.2) is 4.98 Å². The average Bonchev–Trinajstić information content (AvgIpc) is 3.07. The van der Waals surface area contributed by atoms with Crippen LogP contribution in [0.15, 0.2) is 74.7 Å². The molecule has 0 saturated heterocycles. The van der Waals surface area contributed by atoms with E-state index in [0.717, 1.165) is 15.7 Å². The fraction of sp³-hybridized carbons (Fsp3) is 0. The summed E-state index contributed by atoms with van der Waals surface area (Å²) in [6, 6.07) is 16.3. The zero-order valence-corrected chi connectivity index (χ0v) is 14.5. The van der Waals surface area contributed by atoms with E-state index in [-0.39, 0.29) is 5.75 Å². The number of hydrogen-bond acceptors (Lipinski definition) is 5. The van der Waals surface area contributed by atoms with Crippen molar-refractivity contribution in [3.63, 3.8) is 0 Å². The molecule has 122 valence electrons. The van der Waals surface area contributed by atoms with Crippen LogP contribution in [0.3, 0.4) is 0 Å². The van der Waals surface area contributed by atoms with Gasteiger partial charge in [0.25, 0.3) is 0 Å². The Labute approximate surface area is 151 Å². The first-order chi connectivity index (χ1) is 12.2. The van der Waals surface area contributed by atoms with E-state index in [9.17, 15) is 5.11 Å². The summed E-state index contributed by atoms with van der Waals surface area (Å²) in [5.74, 6) is 0.705. The minimum atomic E-state index is 0.183. The van der Waals surface area contributed by atoms with E-state index < -0.39 is 0 Å². The fourth-order valence-corrected chi connectivity index (χ4v) is 2.73. The molecule has 0 unspecified atom stereocenters. The van der Waals surface area contributed by atoms with Gasteiger partial charge in [-0.2, -0.15) is 4.98 Å². The van der Waals surface area contributed by atoms with Crippen LogP contribution in [-0.2, 0) is 0 Å². The van der Waals surface area contributed by atoms with Gasteiger partial charge in [0.15, 0.2) is 11.2 Å². The summed E-state index contributed by atoms with van der Waals surface area (Å²) < 4.78 is 6.58. The van der Waals surface area contributed by atoms with E-state index in [1.165, 1.54) is 0 Å². The van der Waals surface area contributed by atoms with Crippen LogP contribution in [0.5, 0.6) is 5.75 Å². The molecule has 25 heavy (non-hydrogen) atoms. The van der Waals surface area contributed by atoms with Crippen molar-refractivity contribution in [2.24, 2.45) is 4.99 Å². The molecule has 2 aromatic carbocycles. The smallest absolute Gasteiger partial charge is 0.228 e. The molecule has 6 heteroatoms. The number of phenols is 1. The van der Waals surface area contributed by atoms with E-state index in [1.54, 1.807) is 30.6 Å². The molecule has 0 aliphatic carbocycles. The number of pyridine rings is 1. The van der Waals surface area contributed by atoms with Gasteiger partial charge in [0.2, 0.25) is 5.89 Å². The molecular formula is C19H12BrN3O2. The molecule has 4 aromatic rings. The normalized spacial score (nSPS) is 11.4. The van der Waals surface area contributed by atoms with Crippen LogP contribution < -0.4 is 0 Å². The lowest BCUT2D eigenvalue weighted by molar-refractivity contribution is 0.474. The Morgan fingerprint density at radius 1 is 1.08 bits per heavy atom. The highest BCUT2D eigenvalue weighted by Crippen LogP contribution is 2.26. The van der Waals surface area contributed by atoms with Crippen LogP contribution in [0.4, 0.5) is 5.69 Å². The Kier molecular flexibility index (Phi) is 4.03. The van der Waals surface area contributed by atoms with E-state index in [2.05, 4.69) is 30.9 Å². The molecule has 0 radical (unpaired) electrons. The van der Waals surface area contributed by atoms with Crippen LogP contribution >= 0.6 is 15.9 Å². The lowest BCUT2D eigenvalue weighted by atomic mass is 10.2. The van der Waals surface area contributed by atoms with Crippen molar-refractivity contribution in [2.45, 2.75) is 0 Å². The van der Waals surface area contributed by atoms with Crippen molar-refractivity contribution in [2.75, 3.05) is 0 Å². The number of aromatic nitrogens is 2. The second-order valence-corrected chi connectivity index (χ2v) is 6.27. The number of nitrogens with zero attached hydrogens (tertiary/aromatic N) is 3. The molecule has 0 atom stereocenters. The highest BCUT2D eigenvalue weighted by molar-refractivity contribution is 9.10. The van der Waals surface area contributed by atoms with Gasteiger partial charge >= 0.3 is 0 Å². The Morgan fingerprint density at radius 2 is 1.92 bits per heavy atom. The molecule has 0 fully saturated rings. The second kappa shape index (κ2) is 6.49. The van der Waals surface area contributed by atoms with Crippen molar-refractivity contribution >= 4 is 39.1 Å². The standard InChI is InChI=1S/C19H12BrN3O2/c20-14-5-8-16(24)13(10-14)11-22-15-6-3-12(4-7-15)19-23-18-17(25-19)2-1-9-21-18/h1-11,24H. The Balaban J connectivity index is 1.59. The molecule has 1 N–H and O–H groups in total. The first-order valence-electron chi connectivity index (χ1n) is 7.54. The molecule has 4 rings (SSSR count). The predicted octanol–water partition coefficient (Wildman–Crippen LogP) is 5.11. The van der Waals surface area contributed by atoms with Crippen LogP contribution in [0.2, 0.25) is 0 Å². The molecule has 0 amide bonds. The van der Waals surface area contributed by atoms with Crippen molar-refractivity contribution in [1.82, 2.24) is 9.97 Å². The van der Waals surface area contributed by atoms with Gasteiger partial charge in [0, 0.05) is 28.0 Å². The molecule has 0 aliphatic rings. The number of fused-ring (bicyclic) bond motifs is 1. The minimum Gasteiger partial charge on any atom is -0.507 e. The Bertz CT molecular complexity index is 1040. The number of aliphatic imine (C=N–C) groups is 1. The lowest BCUT2D eigenvalue weighted by Crippen LogP contribution is -1.82. The summed E-state index contributed by atoms with van der Waals surface area (Å²) >= 11 is 3.38. The summed E-state index contributed by atoms with van der Waals surface area (Å²) in [7, 11) is 0. The van der Waals surface area contributed by atoms with Crippen molar-refractivity contribution in [1.29, 1.82) is 0 Å². The van der Waals surface area contributed by atoms with Gasteiger partial charge in [-0.05, 0) is 54.6 Å². The SMILES string of the molecule is Oc1ccc(Br)cc1C=Nc1ccc(-c2nc3ncccc3o2)cc1. The van der Waals surface area contributed by atoms with E-state index >= 15 is 0 Å². The zero-order valence-electron chi connectivity index (χ0n) is 12.9. The number of halogens is 1. The van der Waals surface area contributed by atoms with E-state index in [1.807, 2.05) is 36.4 Å². The Morgan fingerprint density at radius 3 is 2.72 bits per heavy atom. The van der Waals surface area contributed by atoms with Gasteiger partial charge in [-0.15, -0.1) is 0 Å². The maximum absolute atomic E-state index is 9.84. The molecule has 2 aromatic heterocycles. The number of hydrogen-bond donors (Lipinski definition) is 1. The predicted molar refractivity (Wildman–Crippen MR) is 100 cm³/mol. The topological polar surface area (TPSA) is 71.5 Å². The van der Waals surface area contributed by atoms with Gasteiger partial charge in [-0.3, -0.25) is 4.99 Å². The monoisotopic (exact) mass is 393 g/mol. The van der Waals surface area contributed by atoms with Crippen LogP contribution in [0.25, 0.3) is 22.7 Å². The molecule has 0 saturated carbocycles. The molecular weight excluding hydrogens is 382 g/mol. The summed E-state index contributed by atoms with van der Waals surface area (Å²) in [4.78, 5) is 12.9. The average molecular weight is 394 g/mol. The number of benzene rings is 2. The van der Waals surface area contributed by atoms with Crippen LogP contribution in [0, 0.1) is 0 Å². The molecule has 2 heterocycles. The van der Waals surface area contributed by atoms with Gasteiger partial charge in [-0.1, -0.05) is 15.9 Å². The number of rotatable bonds is 3. The third kappa shape index (κ3) is 3.29.